The van der Waals surface area contributed by atoms with Crippen molar-refractivity contribution in [1.29, 1.82) is 0 Å². The lowest BCUT2D eigenvalue weighted by Gasteiger charge is -2.04. The summed E-state index contributed by atoms with van der Waals surface area (Å²) < 4.78 is 0. The Kier molecular flexibility index (Phi) is 1.64. The molecule has 0 bridgehead atoms. The Morgan fingerprint density at radius 2 is 2.75 bits per heavy atom. The van der Waals surface area contributed by atoms with Gasteiger partial charge in [0, 0.05) is 12.7 Å². The number of hydrogen-bond donors (Lipinski definition) is 2. The number of rotatable bonds is 1. The number of nitrogens with one attached hydrogen (secondary N) is 1. The molecule has 0 saturated carbocycles. The van der Waals surface area contributed by atoms with Crippen molar-refractivity contribution < 1.29 is 0 Å². The van der Waals surface area contributed by atoms with Gasteiger partial charge in [-0.1, -0.05) is 0 Å². The van der Waals surface area contributed by atoms with Crippen LogP contribution >= 0.6 is 0 Å². The number of nitrogens with zero attached hydrogens (tertiary/aromatic N) is 1. The van der Waals surface area contributed by atoms with E-state index < -0.39 is 0 Å². The molecule has 0 saturated heterocycles. The molecule has 1 heterocycles. The minimum absolute atomic E-state index is 0.602. The highest BCUT2D eigenvalue weighted by Gasteiger charge is 1.93. The van der Waals surface area contributed by atoms with Crippen molar-refractivity contribution in [2.24, 2.45) is 10.7 Å². The Hall–Kier alpha value is -0.830. The highest BCUT2D eigenvalue weighted by atomic mass is 14.9. The summed E-state index contributed by atoms with van der Waals surface area (Å²) in [7, 11) is 0. The highest BCUT2D eigenvalue weighted by Crippen LogP contribution is 1.91. The highest BCUT2D eigenvalue weighted by molar-refractivity contribution is 5.58. The minimum atomic E-state index is 0.602. The Balaban J connectivity index is 2.43. The van der Waals surface area contributed by atoms with Crippen molar-refractivity contribution in [3.8, 4) is 0 Å². The molecule has 0 aliphatic carbocycles. The van der Waals surface area contributed by atoms with Crippen LogP contribution in [-0.2, 0) is 0 Å². The van der Waals surface area contributed by atoms with Crippen molar-refractivity contribution in [2.75, 3.05) is 13.1 Å². The smallest absolute Gasteiger partial charge is 0.0867 e. The zero-order chi connectivity index (χ0) is 5.82. The second-order valence-electron chi connectivity index (χ2n) is 1.64. The molecule has 3 nitrogen and oxygen atoms in total. The van der Waals surface area contributed by atoms with Crippen LogP contribution in [0.15, 0.2) is 16.8 Å². The number of aliphatic imine (C=N–C) groups is 1. The third kappa shape index (κ3) is 1.07. The van der Waals surface area contributed by atoms with E-state index in [2.05, 4.69) is 10.3 Å². The zero-order valence-electron chi connectivity index (χ0n) is 4.59. The van der Waals surface area contributed by atoms with Gasteiger partial charge in [0.25, 0.3) is 0 Å². The first-order valence-electron chi connectivity index (χ1n) is 2.56. The molecule has 3 N–H and O–H groups in total. The maximum Gasteiger partial charge on any atom is 0.0867 e. The summed E-state index contributed by atoms with van der Waals surface area (Å²) in [5, 5.41) is 2.85. The molecule has 0 amide bonds. The first kappa shape index (κ1) is 5.31. The van der Waals surface area contributed by atoms with Crippen LogP contribution in [0.3, 0.4) is 0 Å². The van der Waals surface area contributed by atoms with E-state index in [-0.39, 0.29) is 0 Å². The monoisotopic (exact) mass is 111 g/mol. The second kappa shape index (κ2) is 2.47. The first-order chi connectivity index (χ1) is 3.93. The fourth-order valence-corrected chi connectivity index (χ4v) is 0.540. The fourth-order valence-electron chi connectivity index (χ4n) is 0.540. The maximum atomic E-state index is 5.32. The van der Waals surface area contributed by atoms with Gasteiger partial charge in [-0.2, -0.15) is 0 Å². The lowest BCUT2D eigenvalue weighted by atomic mass is 10.3. The summed E-state index contributed by atoms with van der Waals surface area (Å²) in [5.41, 5.74) is 6.47. The molecule has 0 aromatic rings. The molecule has 8 heavy (non-hydrogen) atoms. The van der Waals surface area contributed by atoms with Crippen LogP contribution in [0.4, 0.5) is 0 Å². The molecule has 1 aliphatic heterocycles. The van der Waals surface area contributed by atoms with Crippen molar-refractivity contribution in [2.45, 2.75) is 0 Å². The lowest BCUT2D eigenvalue weighted by Crippen LogP contribution is -2.15. The molecule has 0 radical (unpaired) electrons. The predicted octanol–water partition coefficient (Wildman–Crippen LogP) is -0.540. The van der Waals surface area contributed by atoms with E-state index >= 15 is 0 Å². The average Bonchev–Trinajstić information content (AvgIpc) is 1.90. The van der Waals surface area contributed by atoms with E-state index in [1.165, 1.54) is 0 Å². The van der Waals surface area contributed by atoms with Crippen molar-refractivity contribution in [1.82, 2.24) is 5.32 Å². The van der Waals surface area contributed by atoms with Crippen LogP contribution in [0.2, 0.25) is 0 Å². The van der Waals surface area contributed by atoms with Gasteiger partial charge >= 0.3 is 0 Å². The van der Waals surface area contributed by atoms with Gasteiger partial charge in [-0.05, 0) is 5.57 Å². The summed E-state index contributed by atoms with van der Waals surface area (Å²) in [4.78, 5) is 3.94. The van der Waals surface area contributed by atoms with Crippen molar-refractivity contribution in [3.63, 3.8) is 0 Å². The molecule has 0 aromatic heterocycles. The summed E-state index contributed by atoms with van der Waals surface area (Å²) in [5.74, 6) is 0. The normalized spacial score (nSPS) is 17.4. The quantitative estimate of drug-likeness (QED) is 0.477. The Morgan fingerprint density at radius 1 is 1.88 bits per heavy atom. The van der Waals surface area contributed by atoms with E-state index in [9.17, 15) is 0 Å². The SMILES string of the molecule is NCC1=CNC=NC1. The third-order valence-corrected chi connectivity index (χ3v) is 1.01. The van der Waals surface area contributed by atoms with Crippen LogP contribution in [0.5, 0.6) is 0 Å². The van der Waals surface area contributed by atoms with E-state index in [0.717, 1.165) is 12.1 Å². The van der Waals surface area contributed by atoms with Crippen molar-refractivity contribution in [3.05, 3.63) is 11.8 Å². The molecule has 0 fully saturated rings. The van der Waals surface area contributed by atoms with E-state index in [1.807, 2.05) is 6.20 Å². The Morgan fingerprint density at radius 3 is 3.12 bits per heavy atom. The lowest BCUT2D eigenvalue weighted by molar-refractivity contribution is 0.984. The van der Waals surface area contributed by atoms with Gasteiger partial charge in [0.2, 0.25) is 0 Å². The molecule has 3 heteroatoms. The van der Waals surface area contributed by atoms with E-state index in [0.29, 0.717) is 6.54 Å². The van der Waals surface area contributed by atoms with Gasteiger partial charge < -0.3 is 11.1 Å². The molecular weight excluding hydrogens is 102 g/mol. The number of hydrogen-bond acceptors (Lipinski definition) is 3. The van der Waals surface area contributed by atoms with Gasteiger partial charge in [0.05, 0.1) is 12.9 Å². The molecule has 0 spiro atoms. The average molecular weight is 111 g/mol. The van der Waals surface area contributed by atoms with Crippen LogP contribution in [-0.4, -0.2) is 19.4 Å². The number of nitrogens with two attached hydrogens (primary N) is 1. The third-order valence-electron chi connectivity index (χ3n) is 1.01. The van der Waals surface area contributed by atoms with Gasteiger partial charge in [0.1, 0.15) is 0 Å². The standard InChI is InChI=1S/C5H9N3/c6-1-5-2-7-4-8-3-5/h2,4H,1,3,6H2,(H,7,8). The van der Waals surface area contributed by atoms with Crippen LogP contribution < -0.4 is 11.1 Å². The molecule has 1 rings (SSSR count). The van der Waals surface area contributed by atoms with Gasteiger partial charge in [-0.15, -0.1) is 0 Å². The maximum absolute atomic E-state index is 5.32. The summed E-state index contributed by atoms with van der Waals surface area (Å²) in [6.45, 7) is 1.36. The van der Waals surface area contributed by atoms with E-state index in [1.54, 1.807) is 6.34 Å². The molecule has 1 aliphatic rings. The topological polar surface area (TPSA) is 50.4 Å². The van der Waals surface area contributed by atoms with Gasteiger partial charge in [0.15, 0.2) is 0 Å². The minimum Gasteiger partial charge on any atom is -0.353 e. The zero-order valence-corrected chi connectivity index (χ0v) is 4.59. The fraction of sp³-hybridized carbons (Fsp3) is 0.400. The van der Waals surface area contributed by atoms with Gasteiger partial charge in [-0.3, -0.25) is 4.99 Å². The molecule has 0 unspecified atom stereocenters. The Bertz CT molecular complexity index is 126. The second-order valence-corrected chi connectivity index (χ2v) is 1.64. The van der Waals surface area contributed by atoms with Crippen LogP contribution in [0, 0.1) is 0 Å². The predicted molar refractivity (Wildman–Crippen MR) is 33.6 cm³/mol. The first-order valence-corrected chi connectivity index (χ1v) is 2.56. The summed E-state index contributed by atoms with van der Waals surface area (Å²) in [6.07, 6.45) is 3.55. The molecule has 0 aromatic carbocycles. The molecule has 44 valence electrons. The van der Waals surface area contributed by atoms with Gasteiger partial charge in [-0.25, -0.2) is 0 Å². The van der Waals surface area contributed by atoms with Crippen LogP contribution in [0.25, 0.3) is 0 Å². The summed E-state index contributed by atoms with van der Waals surface area (Å²) in [6, 6.07) is 0. The van der Waals surface area contributed by atoms with E-state index in [4.69, 9.17) is 5.73 Å². The molecular formula is C5H9N3. The van der Waals surface area contributed by atoms with Crippen molar-refractivity contribution >= 4 is 6.34 Å². The van der Waals surface area contributed by atoms with Crippen LogP contribution in [0.1, 0.15) is 0 Å². The summed E-state index contributed by atoms with van der Waals surface area (Å²) >= 11 is 0. The Labute approximate surface area is 48.3 Å². The largest absolute Gasteiger partial charge is 0.353 e. The molecule has 0 atom stereocenters.